The van der Waals surface area contributed by atoms with Gasteiger partial charge in [0.15, 0.2) is 5.54 Å². The number of rotatable bonds is 9. The number of pyridine rings is 1. The van der Waals surface area contributed by atoms with Crippen molar-refractivity contribution in [2.75, 3.05) is 0 Å². The van der Waals surface area contributed by atoms with Crippen molar-refractivity contribution in [3.05, 3.63) is 185 Å². The molecular formula is C42H35N5O. The van der Waals surface area contributed by atoms with E-state index >= 15 is 0 Å². The van der Waals surface area contributed by atoms with Gasteiger partial charge in [0.1, 0.15) is 12.4 Å². The normalized spacial score (nSPS) is 12.5. The lowest BCUT2D eigenvalue weighted by molar-refractivity contribution is 0.302. The van der Waals surface area contributed by atoms with Crippen LogP contribution in [0.2, 0.25) is 0 Å². The number of nitrogens with zero attached hydrogens (tertiary/aromatic N) is 5. The van der Waals surface area contributed by atoms with Crippen LogP contribution < -0.4 is 4.74 Å². The van der Waals surface area contributed by atoms with E-state index in [-0.39, 0.29) is 0 Å². The molecule has 0 N–H and O–H groups in total. The number of ether oxygens (including phenoxy) is 1. The van der Waals surface area contributed by atoms with Gasteiger partial charge in [-0.15, -0.1) is 15.0 Å². The van der Waals surface area contributed by atoms with Crippen LogP contribution in [0.3, 0.4) is 0 Å². The van der Waals surface area contributed by atoms with Crippen molar-refractivity contribution in [3.8, 4) is 28.3 Å². The van der Waals surface area contributed by atoms with E-state index in [1.165, 1.54) is 11.3 Å². The molecule has 2 aromatic heterocycles. The minimum absolute atomic E-state index is 0.508. The Morgan fingerprint density at radius 2 is 1.25 bits per heavy atom. The molecule has 0 saturated carbocycles. The van der Waals surface area contributed by atoms with E-state index in [9.17, 15) is 0 Å². The van der Waals surface area contributed by atoms with Crippen LogP contribution in [0.4, 0.5) is 0 Å². The second-order valence-electron chi connectivity index (χ2n) is 12.3. The van der Waals surface area contributed by atoms with E-state index in [0.717, 1.165) is 69.7 Å². The monoisotopic (exact) mass is 625 g/mol. The maximum atomic E-state index is 6.33. The smallest absolute Gasteiger partial charge is 0.205 e. The van der Waals surface area contributed by atoms with Gasteiger partial charge in [-0.25, -0.2) is 0 Å². The SMILES string of the molecule is Cc1cc(OCc2ccc(-c3ccccc3-c3nnn(C(c4ccccc4)(c4ccccc4)c4ccccc4)n3)cc2)c2c(n1)CCC2. The third kappa shape index (κ3) is 5.35. The summed E-state index contributed by atoms with van der Waals surface area (Å²) in [5, 5.41) is 14.6. The molecule has 0 fully saturated rings. The van der Waals surface area contributed by atoms with Crippen LogP contribution in [0.5, 0.6) is 5.75 Å². The van der Waals surface area contributed by atoms with Gasteiger partial charge in [-0.1, -0.05) is 140 Å². The number of hydrogen-bond acceptors (Lipinski definition) is 5. The molecule has 7 aromatic rings. The summed E-state index contributed by atoms with van der Waals surface area (Å²) in [4.78, 5) is 6.49. The zero-order chi connectivity index (χ0) is 32.3. The molecule has 0 saturated heterocycles. The van der Waals surface area contributed by atoms with E-state index < -0.39 is 5.54 Å². The molecule has 0 radical (unpaired) electrons. The molecule has 234 valence electrons. The second kappa shape index (κ2) is 12.7. The van der Waals surface area contributed by atoms with Gasteiger partial charge in [-0.05, 0) is 64.8 Å². The Hall–Kier alpha value is -5.88. The molecule has 6 heteroatoms. The first-order valence-electron chi connectivity index (χ1n) is 16.5. The summed E-state index contributed by atoms with van der Waals surface area (Å²) in [6.07, 6.45) is 3.22. The van der Waals surface area contributed by atoms with Crippen LogP contribution in [0.25, 0.3) is 22.5 Å². The van der Waals surface area contributed by atoms with Gasteiger partial charge in [0.25, 0.3) is 0 Å². The highest BCUT2D eigenvalue weighted by Gasteiger charge is 2.41. The summed E-state index contributed by atoms with van der Waals surface area (Å²) in [7, 11) is 0. The molecule has 0 unspecified atom stereocenters. The van der Waals surface area contributed by atoms with Gasteiger partial charge in [-0.2, -0.15) is 0 Å². The minimum Gasteiger partial charge on any atom is -0.488 e. The van der Waals surface area contributed by atoms with Crippen molar-refractivity contribution in [3.63, 3.8) is 0 Å². The molecule has 0 amide bonds. The predicted octanol–water partition coefficient (Wildman–Crippen LogP) is 8.62. The molecule has 0 bridgehead atoms. The summed E-state index contributed by atoms with van der Waals surface area (Å²) < 4.78 is 6.33. The maximum absolute atomic E-state index is 6.33. The number of hydrogen-bond donors (Lipinski definition) is 0. The first-order chi connectivity index (χ1) is 23.7. The van der Waals surface area contributed by atoms with Gasteiger partial charge in [0.05, 0.1) is 0 Å². The fourth-order valence-electron chi connectivity index (χ4n) is 6.99. The lowest BCUT2D eigenvalue weighted by Crippen LogP contribution is -2.39. The molecule has 1 aliphatic carbocycles. The maximum Gasteiger partial charge on any atom is 0.205 e. The zero-order valence-corrected chi connectivity index (χ0v) is 26.8. The first kappa shape index (κ1) is 29.5. The lowest BCUT2D eigenvalue weighted by atomic mass is 9.77. The van der Waals surface area contributed by atoms with Crippen molar-refractivity contribution in [2.24, 2.45) is 0 Å². The van der Waals surface area contributed by atoms with E-state index in [0.29, 0.717) is 12.4 Å². The molecule has 6 nitrogen and oxygen atoms in total. The molecule has 5 aromatic carbocycles. The molecule has 2 heterocycles. The second-order valence-corrected chi connectivity index (χ2v) is 12.3. The van der Waals surface area contributed by atoms with Crippen molar-refractivity contribution in [1.29, 1.82) is 0 Å². The number of tetrazole rings is 1. The van der Waals surface area contributed by atoms with Crippen molar-refractivity contribution in [1.82, 2.24) is 25.2 Å². The van der Waals surface area contributed by atoms with Crippen molar-refractivity contribution >= 4 is 0 Å². The fourth-order valence-corrected chi connectivity index (χ4v) is 6.99. The average Bonchev–Trinajstić information content (AvgIpc) is 3.84. The van der Waals surface area contributed by atoms with Crippen molar-refractivity contribution in [2.45, 2.75) is 38.3 Å². The number of benzene rings is 5. The Morgan fingerprint density at radius 1 is 0.667 bits per heavy atom. The first-order valence-corrected chi connectivity index (χ1v) is 16.5. The van der Waals surface area contributed by atoms with Crippen LogP contribution in [0.15, 0.2) is 146 Å². The topological polar surface area (TPSA) is 65.7 Å². The summed E-state index contributed by atoms with van der Waals surface area (Å²) in [6, 6.07) is 50.1. The quantitative estimate of drug-likeness (QED) is 0.150. The van der Waals surface area contributed by atoms with E-state index in [1.807, 2.05) is 31.2 Å². The van der Waals surface area contributed by atoms with Gasteiger partial charge < -0.3 is 4.74 Å². The number of aryl methyl sites for hydroxylation is 2. The molecule has 0 spiro atoms. The minimum atomic E-state index is -0.834. The molecule has 0 atom stereocenters. The van der Waals surface area contributed by atoms with E-state index in [4.69, 9.17) is 25.1 Å². The number of fused-ring (bicyclic) bond motifs is 1. The third-order valence-corrected chi connectivity index (χ3v) is 9.25. The molecule has 48 heavy (non-hydrogen) atoms. The lowest BCUT2D eigenvalue weighted by Gasteiger charge is -2.34. The van der Waals surface area contributed by atoms with Gasteiger partial charge in [0.2, 0.25) is 5.82 Å². The summed E-state index contributed by atoms with van der Waals surface area (Å²) in [6.45, 7) is 2.55. The van der Waals surface area contributed by atoms with Gasteiger partial charge in [-0.3, -0.25) is 4.98 Å². The van der Waals surface area contributed by atoms with Crippen LogP contribution in [-0.2, 0) is 25.0 Å². The Balaban J connectivity index is 1.15. The average molecular weight is 626 g/mol. The predicted molar refractivity (Wildman–Crippen MR) is 189 cm³/mol. The van der Waals surface area contributed by atoms with E-state index in [1.54, 1.807) is 4.80 Å². The van der Waals surface area contributed by atoms with E-state index in [2.05, 4.69) is 121 Å². The highest BCUT2D eigenvalue weighted by Crippen LogP contribution is 2.40. The standard InChI is InChI=1S/C42H35N5O/c1-30-28-40(38-22-13-23-39(38)43-30)48-29-31-24-26-32(27-25-31)36-20-11-12-21-37(36)41-44-46-47(45-41)42(33-14-5-2-6-15-33,34-16-7-3-8-17-34)35-18-9-4-10-19-35/h2-12,14-21,24-28H,13,22-23,29H2,1H3. The summed E-state index contributed by atoms with van der Waals surface area (Å²) >= 11 is 0. The Morgan fingerprint density at radius 3 is 1.88 bits per heavy atom. The van der Waals surface area contributed by atoms with Crippen molar-refractivity contribution < 1.29 is 4.74 Å². The van der Waals surface area contributed by atoms with Gasteiger partial charge >= 0.3 is 0 Å². The summed E-state index contributed by atoms with van der Waals surface area (Å²) in [5.74, 6) is 1.53. The molecular weight excluding hydrogens is 590 g/mol. The highest BCUT2D eigenvalue weighted by atomic mass is 16.5. The highest BCUT2D eigenvalue weighted by molar-refractivity contribution is 5.80. The zero-order valence-electron chi connectivity index (χ0n) is 26.8. The number of aromatic nitrogens is 5. The third-order valence-electron chi connectivity index (χ3n) is 9.25. The molecule has 8 rings (SSSR count). The largest absolute Gasteiger partial charge is 0.488 e. The van der Waals surface area contributed by atoms with Gasteiger partial charge in [0, 0.05) is 28.6 Å². The van der Waals surface area contributed by atoms with Crippen LogP contribution in [0.1, 0.15) is 45.6 Å². The molecule has 0 aliphatic heterocycles. The fraction of sp³-hybridized carbons (Fsp3) is 0.143. The Labute approximate surface area is 280 Å². The van der Waals surface area contributed by atoms with Crippen LogP contribution >= 0.6 is 0 Å². The van der Waals surface area contributed by atoms with Crippen LogP contribution in [0, 0.1) is 6.92 Å². The Bertz CT molecular complexity index is 2060. The molecule has 1 aliphatic rings. The Kier molecular flexibility index (Phi) is 7.83. The summed E-state index contributed by atoms with van der Waals surface area (Å²) in [5.41, 5.74) is 9.91. The van der Waals surface area contributed by atoms with Crippen LogP contribution in [-0.4, -0.2) is 25.2 Å².